The van der Waals surface area contributed by atoms with E-state index in [-0.39, 0.29) is 5.96 Å². The van der Waals surface area contributed by atoms with Gasteiger partial charge in [0.05, 0.1) is 12.1 Å². The fraction of sp³-hybridized carbons (Fsp3) is 0.222. The van der Waals surface area contributed by atoms with Crippen molar-refractivity contribution in [2.45, 2.75) is 12.5 Å². The molecule has 1 unspecified atom stereocenters. The van der Waals surface area contributed by atoms with Gasteiger partial charge in [-0.2, -0.15) is 0 Å². The highest BCUT2D eigenvalue weighted by atomic mass is 16.7. The Balaban J connectivity index is 1.93. The maximum atomic E-state index is 7.92. The van der Waals surface area contributed by atoms with E-state index in [9.17, 15) is 0 Å². The second-order valence-electron chi connectivity index (χ2n) is 5.82. The van der Waals surface area contributed by atoms with Gasteiger partial charge in [-0.05, 0) is 29.7 Å². The minimum atomic E-state index is -0.448. The van der Waals surface area contributed by atoms with E-state index >= 15 is 0 Å². The second-order valence-corrected chi connectivity index (χ2v) is 5.82. The average Bonchev–Trinajstić information content (AvgIpc) is 2.59. The topological polar surface area (TPSA) is 52.7 Å². The normalized spacial score (nSPS) is 20.7. The van der Waals surface area contributed by atoms with Crippen molar-refractivity contribution >= 4 is 11.6 Å². The molecule has 116 valence electrons. The largest absolute Gasteiger partial charge is 0.343 e. The Hall–Kier alpha value is -2.84. The molecule has 0 spiro atoms. The van der Waals surface area contributed by atoms with Crippen molar-refractivity contribution in [2.75, 3.05) is 13.7 Å². The van der Waals surface area contributed by atoms with Gasteiger partial charge < -0.3 is 5.32 Å². The number of hydrogen-bond donors (Lipinski definition) is 2. The van der Waals surface area contributed by atoms with E-state index in [4.69, 9.17) is 16.8 Å². The molecule has 1 aliphatic heterocycles. The molecule has 3 rings (SSSR count). The van der Waals surface area contributed by atoms with E-state index in [1.807, 2.05) is 49.4 Å². The third-order valence-electron chi connectivity index (χ3n) is 4.09. The lowest BCUT2D eigenvalue weighted by atomic mass is 9.90. The Morgan fingerprint density at radius 2 is 1.96 bits per heavy atom. The third-order valence-corrected chi connectivity index (χ3v) is 4.09. The van der Waals surface area contributed by atoms with Crippen LogP contribution in [0.5, 0.6) is 0 Å². The summed E-state index contributed by atoms with van der Waals surface area (Å²) in [5.74, 6) is 0.241. The molecule has 0 bridgehead atoms. The van der Waals surface area contributed by atoms with Crippen LogP contribution in [-0.2, 0) is 10.4 Å². The summed E-state index contributed by atoms with van der Waals surface area (Å²) in [7, 11) is 1.71. The molecule has 5 nitrogen and oxygen atoms in total. The van der Waals surface area contributed by atoms with Crippen molar-refractivity contribution in [1.82, 2.24) is 10.4 Å². The lowest BCUT2D eigenvalue weighted by molar-refractivity contribution is -0.126. The molecule has 1 aliphatic rings. The minimum absolute atomic E-state index is 0.241. The summed E-state index contributed by atoms with van der Waals surface area (Å²) in [5.41, 5.74) is 3.38. The maximum Gasteiger partial charge on any atom is 0.216 e. The molecule has 1 fully saturated rings. The van der Waals surface area contributed by atoms with Crippen LogP contribution in [0.2, 0.25) is 0 Å². The maximum absolute atomic E-state index is 7.92. The zero-order chi connectivity index (χ0) is 16.4. The number of nitrogens with zero attached hydrogens (tertiary/aromatic N) is 2. The summed E-state index contributed by atoms with van der Waals surface area (Å²) >= 11 is 0. The van der Waals surface area contributed by atoms with E-state index in [2.05, 4.69) is 16.2 Å². The Morgan fingerprint density at radius 1 is 1.22 bits per heavy atom. The van der Waals surface area contributed by atoms with Gasteiger partial charge >= 0.3 is 0 Å². The number of guanidine groups is 1. The number of benzene rings is 2. The van der Waals surface area contributed by atoms with Crippen LogP contribution >= 0.6 is 0 Å². The van der Waals surface area contributed by atoms with Crippen LogP contribution in [0, 0.1) is 12.0 Å². The predicted molar refractivity (Wildman–Crippen MR) is 90.1 cm³/mol. The molecule has 2 aromatic carbocycles. The Bertz CT molecular complexity index is 778. The van der Waals surface area contributed by atoms with Gasteiger partial charge in [0.15, 0.2) is 5.69 Å². The van der Waals surface area contributed by atoms with Gasteiger partial charge in [-0.15, -0.1) is 0 Å². The van der Waals surface area contributed by atoms with Crippen LogP contribution in [0.25, 0.3) is 16.0 Å². The van der Waals surface area contributed by atoms with Crippen LogP contribution in [0.1, 0.15) is 12.5 Å². The van der Waals surface area contributed by atoms with E-state index < -0.39 is 5.54 Å². The van der Waals surface area contributed by atoms with Crippen LogP contribution < -0.4 is 5.32 Å². The highest BCUT2D eigenvalue weighted by molar-refractivity contribution is 5.77. The number of hydroxylamine groups is 2. The molecular weight excluding hydrogens is 288 g/mol. The van der Waals surface area contributed by atoms with Crippen molar-refractivity contribution in [2.24, 2.45) is 0 Å². The Kier molecular flexibility index (Phi) is 3.77. The van der Waals surface area contributed by atoms with E-state index in [0.717, 1.165) is 16.7 Å². The summed E-state index contributed by atoms with van der Waals surface area (Å²) in [6, 6.07) is 15.7. The highest BCUT2D eigenvalue weighted by Crippen LogP contribution is 2.29. The first kappa shape index (κ1) is 15.1. The molecular formula is C18H18N4O. The summed E-state index contributed by atoms with van der Waals surface area (Å²) in [6.45, 7) is 9.50. The smallest absolute Gasteiger partial charge is 0.216 e. The molecule has 1 atom stereocenters. The first-order chi connectivity index (χ1) is 11.0. The molecule has 0 saturated carbocycles. The predicted octanol–water partition coefficient (Wildman–Crippen LogP) is 3.52. The van der Waals surface area contributed by atoms with Crippen molar-refractivity contribution < 1.29 is 4.84 Å². The van der Waals surface area contributed by atoms with E-state index in [1.165, 1.54) is 5.06 Å². The van der Waals surface area contributed by atoms with Gasteiger partial charge in [-0.1, -0.05) is 42.5 Å². The van der Waals surface area contributed by atoms with Crippen molar-refractivity contribution in [3.8, 4) is 11.1 Å². The SMILES string of the molecule is [C-]#[N+]c1ccc(-c2cccc(C3(C)CON(C)C(=N)N3)c2)cc1. The Labute approximate surface area is 135 Å². The summed E-state index contributed by atoms with van der Waals surface area (Å²) < 4.78 is 0. The zero-order valence-electron chi connectivity index (χ0n) is 13.1. The fourth-order valence-electron chi connectivity index (χ4n) is 2.59. The molecule has 0 aromatic heterocycles. The number of hydrogen-bond acceptors (Lipinski definition) is 2. The monoisotopic (exact) mass is 306 g/mol. The summed E-state index contributed by atoms with van der Waals surface area (Å²) in [6.07, 6.45) is 0. The lowest BCUT2D eigenvalue weighted by Gasteiger charge is -2.40. The number of nitrogens with one attached hydrogen (secondary N) is 2. The molecule has 2 aromatic rings. The molecule has 0 amide bonds. The molecule has 1 saturated heterocycles. The standard InChI is InChI=1S/C18H18N4O/c1-18(12-23-22(3)17(19)21-18)15-6-4-5-14(11-15)13-7-9-16(20-2)10-8-13/h4-11H,12H2,1,3H3,(H2,19,21). The second kappa shape index (κ2) is 5.75. The van der Waals surface area contributed by atoms with E-state index in [0.29, 0.717) is 12.3 Å². The average molecular weight is 306 g/mol. The van der Waals surface area contributed by atoms with Crippen LogP contribution in [0.4, 0.5) is 5.69 Å². The van der Waals surface area contributed by atoms with Gasteiger partial charge in [0.25, 0.3) is 0 Å². The first-order valence-electron chi connectivity index (χ1n) is 7.34. The third kappa shape index (κ3) is 2.89. The van der Waals surface area contributed by atoms with Gasteiger partial charge in [-0.3, -0.25) is 10.2 Å². The highest BCUT2D eigenvalue weighted by Gasteiger charge is 2.34. The molecule has 1 heterocycles. The summed E-state index contributed by atoms with van der Waals surface area (Å²) in [4.78, 5) is 8.97. The summed E-state index contributed by atoms with van der Waals surface area (Å²) in [5, 5.41) is 12.5. The van der Waals surface area contributed by atoms with Gasteiger partial charge in [0, 0.05) is 7.05 Å². The number of rotatable bonds is 2. The van der Waals surface area contributed by atoms with Crippen molar-refractivity contribution in [1.29, 1.82) is 5.41 Å². The minimum Gasteiger partial charge on any atom is -0.343 e. The van der Waals surface area contributed by atoms with Crippen LogP contribution in [-0.4, -0.2) is 24.7 Å². The van der Waals surface area contributed by atoms with Crippen LogP contribution in [0.15, 0.2) is 48.5 Å². The fourth-order valence-corrected chi connectivity index (χ4v) is 2.59. The van der Waals surface area contributed by atoms with Gasteiger partial charge in [0.2, 0.25) is 5.96 Å². The molecule has 23 heavy (non-hydrogen) atoms. The van der Waals surface area contributed by atoms with Gasteiger partial charge in [0.1, 0.15) is 6.61 Å². The molecule has 0 aliphatic carbocycles. The van der Waals surface area contributed by atoms with Crippen molar-refractivity contribution in [3.05, 3.63) is 65.5 Å². The molecule has 2 N–H and O–H groups in total. The molecule has 5 heteroatoms. The van der Waals surface area contributed by atoms with E-state index in [1.54, 1.807) is 7.05 Å². The van der Waals surface area contributed by atoms with Crippen LogP contribution in [0.3, 0.4) is 0 Å². The first-order valence-corrected chi connectivity index (χ1v) is 7.34. The Morgan fingerprint density at radius 3 is 2.61 bits per heavy atom. The quantitative estimate of drug-likeness (QED) is 0.835. The van der Waals surface area contributed by atoms with Crippen molar-refractivity contribution in [3.63, 3.8) is 0 Å². The van der Waals surface area contributed by atoms with Gasteiger partial charge in [-0.25, -0.2) is 9.91 Å². The zero-order valence-corrected chi connectivity index (χ0v) is 13.1. The molecule has 0 radical (unpaired) electrons. The lowest BCUT2D eigenvalue weighted by Crippen LogP contribution is -2.57.